The number of hydrogen-bond donors (Lipinski definition) is 1. The SMILES string of the molecule is CNC(C)CN1CCSCCC1C. The minimum Gasteiger partial charge on any atom is -0.316 e. The smallest absolute Gasteiger partial charge is 0.0163 e. The molecule has 3 heteroatoms. The van der Waals surface area contributed by atoms with Gasteiger partial charge >= 0.3 is 0 Å². The second-order valence-electron chi connectivity index (χ2n) is 3.93. The molecule has 0 radical (unpaired) electrons. The van der Waals surface area contributed by atoms with E-state index in [1.54, 1.807) is 0 Å². The molecule has 1 aliphatic rings. The Bertz CT molecular complexity index is 141. The Morgan fingerprint density at radius 1 is 1.54 bits per heavy atom. The molecule has 0 bridgehead atoms. The molecule has 1 saturated heterocycles. The van der Waals surface area contributed by atoms with Gasteiger partial charge in [-0.1, -0.05) is 0 Å². The van der Waals surface area contributed by atoms with Crippen LogP contribution in [0.15, 0.2) is 0 Å². The summed E-state index contributed by atoms with van der Waals surface area (Å²) in [4.78, 5) is 2.61. The molecule has 0 amide bonds. The molecule has 0 aromatic rings. The first kappa shape index (κ1) is 11.3. The summed E-state index contributed by atoms with van der Waals surface area (Å²) >= 11 is 2.10. The van der Waals surface area contributed by atoms with Gasteiger partial charge in [0.1, 0.15) is 0 Å². The Morgan fingerprint density at radius 3 is 3.00 bits per heavy atom. The van der Waals surface area contributed by atoms with Crippen molar-refractivity contribution in [3.05, 3.63) is 0 Å². The number of rotatable bonds is 3. The van der Waals surface area contributed by atoms with Gasteiger partial charge in [0.15, 0.2) is 0 Å². The van der Waals surface area contributed by atoms with Crippen LogP contribution in [-0.2, 0) is 0 Å². The van der Waals surface area contributed by atoms with E-state index in [2.05, 4.69) is 35.8 Å². The molecule has 1 aliphatic heterocycles. The van der Waals surface area contributed by atoms with Crippen molar-refractivity contribution in [1.29, 1.82) is 0 Å². The molecular weight excluding hydrogens is 180 g/mol. The van der Waals surface area contributed by atoms with E-state index in [0.717, 1.165) is 6.04 Å². The quantitative estimate of drug-likeness (QED) is 0.745. The molecule has 0 spiro atoms. The van der Waals surface area contributed by atoms with Gasteiger partial charge in [-0.05, 0) is 33.1 Å². The van der Waals surface area contributed by atoms with E-state index in [1.165, 1.54) is 31.0 Å². The van der Waals surface area contributed by atoms with E-state index < -0.39 is 0 Å². The van der Waals surface area contributed by atoms with Crippen molar-refractivity contribution >= 4 is 11.8 Å². The van der Waals surface area contributed by atoms with Crippen LogP contribution >= 0.6 is 11.8 Å². The van der Waals surface area contributed by atoms with Gasteiger partial charge < -0.3 is 5.32 Å². The van der Waals surface area contributed by atoms with E-state index in [4.69, 9.17) is 0 Å². The maximum Gasteiger partial charge on any atom is 0.0163 e. The lowest BCUT2D eigenvalue weighted by Gasteiger charge is -2.29. The topological polar surface area (TPSA) is 15.3 Å². The molecule has 1 fully saturated rings. The highest BCUT2D eigenvalue weighted by atomic mass is 32.2. The van der Waals surface area contributed by atoms with Gasteiger partial charge in [-0.3, -0.25) is 4.90 Å². The standard InChI is InChI=1S/C10H22N2S/c1-9(11-3)8-12-5-7-13-6-4-10(12)2/h9-11H,4-8H2,1-3H3. The van der Waals surface area contributed by atoms with E-state index in [1.807, 2.05) is 7.05 Å². The summed E-state index contributed by atoms with van der Waals surface area (Å²) in [5.41, 5.74) is 0. The first-order valence-corrected chi connectivity index (χ1v) is 6.38. The number of nitrogens with zero attached hydrogens (tertiary/aromatic N) is 1. The highest BCUT2D eigenvalue weighted by molar-refractivity contribution is 7.99. The number of likely N-dealkylation sites (N-methyl/N-ethyl adjacent to an activating group) is 1. The molecule has 78 valence electrons. The zero-order valence-corrected chi connectivity index (χ0v) is 9.86. The van der Waals surface area contributed by atoms with Gasteiger partial charge in [0, 0.05) is 30.9 Å². The lowest BCUT2D eigenvalue weighted by Crippen LogP contribution is -2.42. The van der Waals surface area contributed by atoms with Crippen LogP contribution in [0.1, 0.15) is 20.3 Å². The van der Waals surface area contributed by atoms with Gasteiger partial charge in [0.25, 0.3) is 0 Å². The molecule has 0 aromatic heterocycles. The van der Waals surface area contributed by atoms with Crippen LogP contribution in [0, 0.1) is 0 Å². The molecule has 13 heavy (non-hydrogen) atoms. The van der Waals surface area contributed by atoms with E-state index in [-0.39, 0.29) is 0 Å². The Hall–Kier alpha value is 0.270. The van der Waals surface area contributed by atoms with Crippen molar-refractivity contribution in [2.24, 2.45) is 0 Å². The van der Waals surface area contributed by atoms with Gasteiger partial charge in [-0.15, -0.1) is 0 Å². The van der Waals surface area contributed by atoms with Crippen molar-refractivity contribution in [3.63, 3.8) is 0 Å². The predicted octanol–water partition coefficient (Wildman–Crippen LogP) is 1.42. The van der Waals surface area contributed by atoms with Gasteiger partial charge in [0.2, 0.25) is 0 Å². The van der Waals surface area contributed by atoms with Crippen LogP contribution in [0.4, 0.5) is 0 Å². The second kappa shape index (κ2) is 5.89. The van der Waals surface area contributed by atoms with Crippen molar-refractivity contribution in [2.45, 2.75) is 32.4 Å². The van der Waals surface area contributed by atoms with E-state index in [9.17, 15) is 0 Å². The molecule has 0 aliphatic carbocycles. The van der Waals surface area contributed by atoms with Crippen LogP contribution in [0.25, 0.3) is 0 Å². The third-order valence-corrected chi connectivity index (χ3v) is 3.82. The Labute approximate surface area is 86.5 Å². The van der Waals surface area contributed by atoms with Crippen LogP contribution < -0.4 is 5.32 Å². The normalized spacial score (nSPS) is 28.4. The van der Waals surface area contributed by atoms with Crippen molar-refractivity contribution in [3.8, 4) is 0 Å². The monoisotopic (exact) mass is 202 g/mol. The first-order chi connectivity index (χ1) is 6.24. The molecule has 2 unspecified atom stereocenters. The average molecular weight is 202 g/mol. The molecule has 1 rings (SSSR count). The predicted molar refractivity (Wildman–Crippen MR) is 61.5 cm³/mol. The maximum atomic E-state index is 3.30. The van der Waals surface area contributed by atoms with Crippen molar-refractivity contribution in [1.82, 2.24) is 10.2 Å². The first-order valence-electron chi connectivity index (χ1n) is 5.23. The van der Waals surface area contributed by atoms with Gasteiger partial charge in [-0.25, -0.2) is 0 Å². The van der Waals surface area contributed by atoms with Crippen molar-refractivity contribution in [2.75, 3.05) is 31.6 Å². The Kier molecular flexibility index (Phi) is 5.14. The largest absolute Gasteiger partial charge is 0.316 e. The van der Waals surface area contributed by atoms with Gasteiger partial charge in [-0.2, -0.15) is 11.8 Å². The molecule has 2 atom stereocenters. The molecule has 1 heterocycles. The minimum absolute atomic E-state index is 0.616. The summed E-state index contributed by atoms with van der Waals surface area (Å²) in [6.07, 6.45) is 1.35. The van der Waals surface area contributed by atoms with Crippen LogP contribution in [0.3, 0.4) is 0 Å². The van der Waals surface area contributed by atoms with Gasteiger partial charge in [0.05, 0.1) is 0 Å². The molecule has 1 N–H and O–H groups in total. The van der Waals surface area contributed by atoms with Crippen LogP contribution in [0.5, 0.6) is 0 Å². The number of nitrogens with one attached hydrogen (secondary N) is 1. The molecular formula is C10H22N2S. The second-order valence-corrected chi connectivity index (χ2v) is 5.16. The summed E-state index contributed by atoms with van der Waals surface area (Å²) in [6, 6.07) is 1.39. The highest BCUT2D eigenvalue weighted by Crippen LogP contribution is 2.15. The van der Waals surface area contributed by atoms with Crippen molar-refractivity contribution < 1.29 is 0 Å². The van der Waals surface area contributed by atoms with Crippen LogP contribution in [0.2, 0.25) is 0 Å². The minimum atomic E-state index is 0.616. The lowest BCUT2D eigenvalue weighted by molar-refractivity contribution is 0.204. The molecule has 0 saturated carbocycles. The number of thioether (sulfide) groups is 1. The zero-order chi connectivity index (χ0) is 9.68. The fourth-order valence-corrected chi connectivity index (χ4v) is 2.73. The summed E-state index contributed by atoms with van der Waals surface area (Å²) in [7, 11) is 2.04. The summed E-state index contributed by atoms with van der Waals surface area (Å²) in [5, 5.41) is 3.30. The summed E-state index contributed by atoms with van der Waals surface area (Å²) in [5.74, 6) is 2.65. The van der Waals surface area contributed by atoms with E-state index >= 15 is 0 Å². The lowest BCUT2D eigenvalue weighted by atomic mass is 10.2. The summed E-state index contributed by atoms with van der Waals surface area (Å²) < 4.78 is 0. The average Bonchev–Trinajstić information content (AvgIpc) is 2.32. The third kappa shape index (κ3) is 3.88. The zero-order valence-electron chi connectivity index (χ0n) is 9.05. The fourth-order valence-electron chi connectivity index (χ4n) is 1.65. The Balaban J connectivity index is 2.35. The van der Waals surface area contributed by atoms with Crippen LogP contribution in [-0.4, -0.2) is 48.6 Å². The Morgan fingerprint density at radius 2 is 2.31 bits per heavy atom. The summed E-state index contributed by atoms with van der Waals surface area (Å²) in [6.45, 7) is 7.06. The van der Waals surface area contributed by atoms with E-state index in [0.29, 0.717) is 6.04 Å². The molecule has 2 nitrogen and oxygen atoms in total. The third-order valence-electron chi connectivity index (χ3n) is 2.83. The number of hydrogen-bond acceptors (Lipinski definition) is 3. The maximum absolute atomic E-state index is 3.30. The molecule has 0 aromatic carbocycles. The highest BCUT2D eigenvalue weighted by Gasteiger charge is 2.17. The fraction of sp³-hybridized carbons (Fsp3) is 1.00.